The summed E-state index contributed by atoms with van der Waals surface area (Å²) in [5.74, 6) is -2.62. The number of carbonyl (C=O) groups excluding carboxylic acids is 2. The summed E-state index contributed by atoms with van der Waals surface area (Å²) < 4.78 is 20.0. The van der Waals surface area contributed by atoms with E-state index in [0.717, 1.165) is 0 Å². The van der Waals surface area contributed by atoms with Crippen LogP contribution in [0, 0.1) is 18.3 Å². The van der Waals surface area contributed by atoms with Crippen LogP contribution < -0.4 is 0 Å². The maximum atomic E-state index is 12.1. The number of hydrogen-bond donors (Lipinski definition) is 1. The van der Waals surface area contributed by atoms with Crippen molar-refractivity contribution in [2.45, 2.75) is 51.8 Å². The molecule has 0 aliphatic carbocycles. The van der Waals surface area contributed by atoms with Gasteiger partial charge in [0.05, 0.1) is 6.61 Å². The number of hydrogen-bond acceptors (Lipinski definition) is 7. The van der Waals surface area contributed by atoms with Crippen LogP contribution in [0.2, 0.25) is 0 Å². The lowest BCUT2D eigenvalue weighted by atomic mass is 10.2. The summed E-state index contributed by atoms with van der Waals surface area (Å²) in [6.07, 6.45) is 0.493. The molecule has 0 unspecified atom stereocenters. The normalized spacial score (nSPS) is 23.8. The summed E-state index contributed by atoms with van der Waals surface area (Å²) in [5.41, 5.74) is 0. The number of carboxylic acid groups (broad SMARTS) is 1. The monoisotopic (exact) mass is 328 g/mol. The average molecular weight is 328 g/mol. The number of carbonyl (C=O) groups is 3. The maximum absolute atomic E-state index is 12.1. The van der Waals surface area contributed by atoms with E-state index in [2.05, 4.69) is 0 Å². The van der Waals surface area contributed by atoms with E-state index in [9.17, 15) is 14.4 Å². The summed E-state index contributed by atoms with van der Waals surface area (Å²) in [7, 11) is 0. The molecule has 1 N–H and O–H groups in total. The van der Waals surface area contributed by atoms with Crippen LogP contribution in [0.25, 0.3) is 0 Å². The van der Waals surface area contributed by atoms with Crippen LogP contribution in [-0.2, 0) is 33.3 Å². The van der Waals surface area contributed by atoms with Crippen molar-refractivity contribution in [2.24, 2.45) is 5.92 Å². The van der Waals surface area contributed by atoms with Gasteiger partial charge in [-0.05, 0) is 19.8 Å². The van der Waals surface area contributed by atoms with E-state index >= 15 is 0 Å². The Bertz CT molecular complexity index is 516. The van der Waals surface area contributed by atoms with E-state index in [1.54, 1.807) is 0 Å². The van der Waals surface area contributed by atoms with Crippen molar-refractivity contribution >= 4 is 17.9 Å². The van der Waals surface area contributed by atoms with Crippen LogP contribution in [0.1, 0.15) is 27.7 Å². The predicted molar refractivity (Wildman–Crippen MR) is 76.0 cm³/mol. The van der Waals surface area contributed by atoms with Crippen molar-refractivity contribution in [1.82, 2.24) is 0 Å². The van der Waals surface area contributed by atoms with Crippen molar-refractivity contribution in [1.29, 1.82) is 0 Å². The highest BCUT2D eigenvalue weighted by atomic mass is 16.8. The first-order valence-corrected chi connectivity index (χ1v) is 6.99. The molecule has 8 nitrogen and oxygen atoms in total. The van der Waals surface area contributed by atoms with E-state index in [1.807, 2.05) is 19.8 Å². The Labute approximate surface area is 134 Å². The molecule has 1 heterocycles. The van der Waals surface area contributed by atoms with Crippen LogP contribution in [0.3, 0.4) is 0 Å². The van der Waals surface area contributed by atoms with E-state index in [1.165, 1.54) is 13.8 Å². The van der Waals surface area contributed by atoms with Crippen molar-refractivity contribution < 1.29 is 38.4 Å². The van der Waals surface area contributed by atoms with Crippen LogP contribution in [-0.4, -0.2) is 53.7 Å². The minimum atomic E-state index is -1.58. The SMILES string of the molecule is C#C[C@H](OC(=O)[C@@H]1OC(C)(C)O[C@H]1C(=O)O)C(=O)OCC(C)C. The van der Waals surface area contributed by atoms with Gasteiger partial charge in [0.1, 0.15) is 0 Å². The highest BCUT2D eigenvalue weighted by Crippen LogP contribution is 2.29. The summed E-state index contributed by atoms with van der Waals surface area (Å²) in [6.45, 7) is 6.67. The van der Waals surface area contributed by atoms with Gasteiger partial charge in [-0.1, -0.05) is 19.8 Å². The zero-order valence-electron chi connectivity index (χ0n) is 13.4. The Hall–Kier alpha value is -2.11. The topological polar surface area (TPSA) is 108 Å². The molecule has 0 saturated carbocycles. The minimum absolute atomic E-state index is 0.0804. The molecule has 1 aliphatic rings. The summed E-state index contributed by atoms with van der Waals surface area (Å²) in [5, 5.41) is 9.07. The molecule has 1 fully saturated rings. The molecule has 0 spiro atoms. The van der Waals surface area contributed by atoms with Gasteiger partial charge in [0.15, 0.2) is 18.0 Å². The molecule has 23 heavy (non-hydrogen) atoms. The molecule has 1 saturated heterocycles. The van der Waals surface area contributed by atoms with Gasteiger partial charge in [-0.15, -0.1) is 6.42 Å². The number of rotatable bonds is 6. The van der Waals surface area contributed by atoms with Crippen molar-refractivity contribution in [2.75, 3.05) is 6.61 Å². The fraction of sp³-hybridized carbons (Fsp3) is 0.667. The van der Waals surface area contributed by atoms with Gasteiger partial charge in [-0.25, -0.2) is 14.4 Å². The Balaban J connectivity index is 2.74. The van der Waals surface area contributed by atoms with Gasteiger partial charge in [-0.2, -0.15) is 0 Å². The smallest absolute Gasteiger partial charge is 0.360 e. The highest BCUT2D eigenvalue weighted by molar-refractivity contribution is 5.88. The number of ether oxygens (including phenoxy) is 4. The maximum Gasteiger partial charge on any atom is 0.360 e. The lowest BCUT2D eigenvalue weighted by Crippen LogP contribution is -2.41. The molecule has 1 rings (SSSR count). The van der Waals surface area contributed by atoms with Crippen molar-refractivity contribution in [3.05, 3.63) is 0 Å². The molecular weight excluding hydrogens is 308 g/mol. The molecule has 8 heteroatoms. The van der Waals surface area contributed by atoms with Crippen LogP contribution >= 0.6 is 0 Å². The zero-order valence-corrected chi connectivity index (χ0v) is 13.4. The van der Waals surface area contributed by atoms with Crippen LogP contribution in [0.15, 0.2) is 0 Å². The molecule has 0 bridgehead atoms. The predicted octanol–water partition coefficient (Wildman–Crippen LogP) is 0.335. The number of terminal acetylenes is 1. The first kappa shape index (κ1) is 18.9. The molecular formula is C15H20O8. The molecule has 1 aliphatic heterocycles. The van der Waals surface area contributed by atoms with Gasteiger partial charge in [0.25, 0.3) is 6.10 Å². The van der Waals surface area contributed by atoms with Gasteiger partial charge < -0.3 is 24.1 Å². The fourth-order valence-corrected chi connectivity index (χ4v) is 1.77. The van der Waals surface area contributed by atoms with Gasteiger partial charge in [0, 0.05) is 0 Å². The average Bonchev–Trinajstić information content (AvgIpc) is 2.78. The van der Waals surface area contributed by atoms with E-state index in [4.69, 9.17) is 30.5 Å². The van der Waals surface area contributed by atoms with Gasteiger partial charge in [-0.3, -0.25) is 0 Å². The first-order chi connectivity index (χ1) is 10.6. The Kier molecular flexibility index (Phi) is 6.12. The third-order valence-electron chi connectivity index (χ3n) is 2.73. The number of aliphatic carboxylic acids is 1. The summed E-state index contributed by atoms with van der Waals surface area (Å²) in [4.78, 5) is 34.9. The molecule has 0 radical (unpaired) electrons. The summed E-state index contributed by atoms with van der Waals surface area (Å²) in [6, 6.07) is 0. The minimum Gasteiger partial charge on any atom is -0.479 e. The molecule has 0 aromatic heterocycles. The highest BCUT2D eigenvalue weighted by Gasteiger charge is 2.50. The molecule has 0 amide bonds. The van der Waals surface area contributed by atoms with E-state index in [0.29, 0.717) is 0 Å². The molecule has 0 aromatic carbocycles. The Morgan fingerprint density at radius 2 is 1.83 bits per heavy atom. The molecule has 0 aromatic rings. The lowest BCUT2D eigenvalue weighted by molar-refractivity contribution is -0.178. The van der Waals surface area contributed by atoms with Crippen LogP contribution in [0.5, 0.6) is 0 Å². The molecule has 128 valence electrons. The second-order valence-electron chi connectivity index (χ2n) is 5.82. The van der Waals surface area contributed by atoms with E-state index < -0.39 is 42.0 Å². The van der Waals surface area contributed by atoms with Crippen LogP contribution in [0.4, 0.5) is 0 Å². The zero-order chi connectivity index (χ0) is 17.8. The largest absolute Gasteiger partial charge is 0.479 e. The molecule has 3 atom stereocenters. The fourth-order valence-electron chi connectivity index (χ4n) is 1.77. The first-order valence-electron chi connectivity index (χ1n) is 6.99. The Morgan fingerprint density at radius 1 is 1.26 bits per heavy atom. The number of esters is 2. The van der Waals surface area contributed by atoms with Crippen molar-refractivity contribution in [3.8, 4) is 12.3 Å². The third kappa shape index (κ3) is 5.23. The second kappa shape index (κ2) is 7.44. The lowest BCUT2D eigenvalue weighted by Gasteiger charge is -2.17. The standard InChI is InChI=1S/C15H20O8/c1-6-9(13(18)20-7-8(2)3)21-14(19)11-10(12(16)17)22-15(4,5)23-11/h1,8-11H,7H2,2-5H3,(H,16,17)/t9-,10+,11+/m0/s1. The third-order valence-corrected chi connectivity index (χ3v) is 2.73. The quantitative estimate of drug-likeness (QED) is 0.549. The summed E-state index contributed by atoms with van der Waals surface area (Å²) >= 11 is 0. The van der Waals surface area contributed by atoms with E-state index in [-0.39, 0.29) is 12.5 Å². The second-order valence-corrected chi connectivity index (χ2v) is 5.82. The Morgan fingerprint density at radius 3 is 2.30 bits per heavy atom. The van der Waals surface area contributed by atoms with Crippen molar-refractivity contribution in [3.63, 3.8) is 0 Å². The van der Waals surface area contributed by atoms with Gasteiger partial charge >= 0.3 is 17.9 Å². The van der Waals surface area contributed by atoms with Gasteiger partial charge in [0.2, 0.25) is 0 Å². The number of carboxylic acids is 1.